The lowest BCUT2D eigenvalue weighted by Gasteiger charge is -2.23. The molecule has 1 heterocycles. The van der Waals surface area contributed by atoms with Crippen LogP contribution in [0.4, 0.5) is 0 Å². The highest BCUT2D eigenvalue weighted by Gasteiger charge is 2.15. The summed E-state index contributed by atoms with van der Waals surface area (Å²) in [6, 6.07) is 9.91. The van der Waals surface area contributed by atoms with Crippen LogP contribution in [-0.4, -0.2) is 5.54 Å². The molecule has 20 heavy (non-hydrogen) atoms. The van der Waals surface area contributed by atoms with E-state index in [-0.39, 0.29) is 5.54 Å². The summed E-state index contributed by atoms with van der Waals surface area (Å²) in [4.78, 5) is 0. The molecule has 108 valence electrons. The monoisotopic (exact) mass is 291 g/mol. The van der Waals surface area contributed by atoms with E-state index in [2.05, 4.69) is 26.1 Å². The molecule has 0 saturated carbocycles. The smallest absolute Gasteiger partial charge is 0.134 e. The molecule has 0 saturated heterocycles. The van der Waals surface area contributed by atoms with Crippen molar-refractivity contribution in [2.75, 3.05) is 0 Å². The minimum absolute atomic E-state index is 0.124. The Morgan fingerprint density at radius 1 is 1.20 bits per heavy atom. The number of furan rings is 1. The molecule has 0 bridgehead atoms. The van der Waals surface area contributed by atoms with Gasteiger partial charge in [0.05, 0.1) is 6.54 Å². The van der Waals surface area contributed by atoms with Gasteiger partial charge in [-0.1, -0.05) is 30.7 Å². The van der Waals surface area contributed by atoms with Gasteiger partial charge in [-0.05, 0) is 51.0 Å². The molecule has 0 aliphatic carbocycles. The summed E-state index contributed by atoms with van der Waals surface area (Å²) in [6.45, 7) is 9.31. The van der Waals surface area contributed by atoms with E-state index in [1.165, 1.54) is 0 Å². The van der Waals surface area contributed by atoms with Crippen molar-refractivity contribution < 1.29 is 4.42 Å². The molecule has 1 aromatic heterocycles. The van der Waals surface area contributed by atoms with E-state index >= 15 is 0 Å². The molecular formula is C17H22ClNO. The maximum absolute atomic E-state index is 6.16. The Labute approximate surface area is 126 Å². The van der Waals surface area contributed by atoms with E-state index in [1.54, 1.807) is 0 Å². The normalized spacial score (nSPS) is 11.8. The molecule has 0 aliphatic rings. The second-order valence-corrected chi connectivity index (χ2v) is 6.18. The summed E-state index contributed by atoms with van der Waals surface area (Å²) < 4.78 is 5.92. The van der Waals surface area contributed by atoms with Crippen molar-refractivity contribution in [3.8, 4) is 11.3 Å². The average Bonchev–Trinajstić information content (AvgIpc) is 2.88. The van der Waals surface area contributed by atoms with Crippen molar-refractivity contribution in [3.05, 3.63) is 46.7 Å². The highest BCUT2D eigenvalue weighted by molar-refractivity contribution is 6.31. The van der Waals surface area contributed by atoms with Gasteiger partial charge in [0.2, 0.25) is 0 Å². The molecule has 0 unspecified atom stereocenters. The van der Waals surface area contributed by atoms with Crippen LogP contribution in [0.3, 0.4) is 0 Å². The number of benzene rings is 1. The van der Waals surface area contributed by atoms with Gasteiger partial charge in [-0.25, -0.2) is 0 Å². The van der Waals surface area contributed by atoms with Gasteiger partial charge >= 0.3 is 0 Å². The van der Waals surface area contributed by atoms with Gasteiger partial charge in [-0.2, -0.15) is 0 Å². The largest absolute Gasteiger partial charge is 0.460 e. The first kappa shape index (κ1) is 15.1. The Morgan fingerprint density at radius 3 is 2.65 bits per heavy atom. The van der Waals surface area contributed by atoms with E-state index in [9.17, 15) is 0 Å². The second-order valence-electron chi connectivity index (χ2n) is 5.77. The summed E-state index contributed by atoms with van der Waals surface area (Å²) in [5.41, 5.74) is 2.23. The van der Waals surface area contributed by atoms with Crippen molar-refractivity contribution in [1.29, 1.82) is 0 Å². The number of rotatable bonds is 5. The van der Waals surface area contributed by atoms with Gasteiger partial charge < -0.3 is 9.73 Å². The molecule has 1 N–H and O–H groups in total. The zero-order chi connectivity index (χ0) is 14.8. The van der Waals surface area contributed by atoms with Crippen LogP contribution in [-0.2, 0) is 6.54 Å². The minimum Gasteiger partial charge on any atom is -0.460 e. The second kappa shape index (κ2) is 6.02. The van der Waals surface area contributed by atoms with Crippen LogP contribution in [0.5, 0.6) is 0 Å². The van der Waals surface area contributed by atoms with Crippen LogP contribution in [0.15, 0.2) is 34.7 Å². The lowest BCUT2D eigenvalue weighted by molar-refractivity contribution is 0.353. The fourth-order valence-electron chi connectivity index (χ4n) is 1.94. The zero-order valence-corrected chi connectivity index (χ0v) is 13.3. The van der Waals surface area contributed by atoms with Gasteiger partial charge in [0, 0.05) is 16.1 Å². The van der Waals surface area contributed by atoms with E-state index in [4.69, 9.17) is 16.0 Å². The van der Waals surface area contributed by atoms with E-state index in [1.807, 2.05) is 37.3 Å². The Bertz CT molecular complexity index is 586. The topological polar surface area (TPSA) is 25.2 Å². The van der Waals surface area contributed by atoms with Gasteiger partial charge in [0.25, 0.3) is 0 Å². The van der Waals surface area contributed by atoms with Gasteiger partial charge in [0.15, 0.2) is 0 Å². The van der Waals surface area contributed by atoms with Crippen molar-refractivity contribution in [2.45, 2.75) is 46.2 Å². The molecule has 3 heteroatoms. The van der Waals surface area contributed by atoms with Crippen LogP contribution < -0.4 is 5.32 Å². The summed E-state index contributed by atoms with van der Waals surface area (Å²) in [5.74, 6) is 1.82. The average molecular weight is 292 g/mol. The Balaban J connectivity index is 2.15. The Morgan fingerprint density at radius 2 is 1.95 bits per heavy atom. The van der Waals surface area contributed by atoms with Crippen LogP contribution >= 0.6 is 11.6 Å². The Kier molecular flexibility index (Phi) is 4.56. The molecular weight excluding hydrogens is 270 g/mol. The van der Waals surface area contributed by atoms with E-state index < -0.39 is 0 Å². The number of nitrogens with one attached hydrogen (secondary N) is 1. The molecule has 0 spiro atoms. The molecule has 2 aromatic rings. The van der Waals surface area contributed by atoms with Crippen LogP contribution in [0, 0.1) is 6.92 Å². The van der Waals surface area contributed by atoms with Crippen molar-refractivity contribution in [1.82, 2.24) is 5.32 Å². The first-order valence-corrected chi connectivity index (χ1v) is 7.40. The summed E-state index contributed by atoms with van der Waals surface area (Å²) in [5, 5.41) is 4.27. The molecule has 0 fully saturated rings. The van der Waals surface area contributed by atoms with Crippen molar-refractivity contribution in [3.63, 3.8) is 0 Å². The maximum Gasteiger partial charge on any atom is 0.134 e. The van der Waals surface area contributed by atoms with Gasteiger partial charge in [0.1, 0.15) is 11.5 Å². The van der Waals surface area contributed by atoms with E-state index in [0.29, 0.717) is 0 Å². The molecule has 0 radical (unpaired) electrons. The summed E-state index contributed by atoms with van der Waals surface area (Å²) in [7, 11) is 0. The number of hydrogen-bond donors (Lipinski definition) is 1. The number of hydrogen-bond acceptors (Lipinski definition) is 2. The van der Waals surface area contributed by atoms with Crippen LogP contribution in [0.2, 0.25) is 5.02 Å². The maximum atomic E-state index is 6.16. The third kappa shape index (κ3) is 3.44. The summed E-state index contributed by atoms with van der Waals surface area (Å²) >= 11 is 6.16. The molecule has 0 amide bonds. The fraction of sp³-hybridized carbons (Fsp3) is 0.412. The number of halogens is 1. The standard InChI is InChI=1S/C17H22ClNO/c1-5-17(3,4)19-11-13-9-10-16(20-13)14-7-6-8-15(18)12(14)2/h6-10,19H,5,11H2,1-4H3. The SMILES string of the molecule is CCC(C)(C)NCc1ccc(-c2cccc(Cl)c2C)o1. The first-order valence-electron chi connectivity index (χ1n) is 7.02. The van der Waals surface area contributed by atoms with Gasteiger partial charge in [-0.15, -0.1) is 0 Å². The highest BCUT2D eigenvalue weighted by atomic mass is 35.5. The van der Waals surface area contributed by atoms with Crippen LogP contribution in [0.1, 0.15) is 38.5 Å². The van der Waals surface area contributed by atoms with E-state index in [0.717, 1.165) is 40.6 Å². The predicted molar refractivity (Wildman–Crippen MR) is 85.1 cm³/mol. The van der Waals surface area contributed by atoms with Crippen LogP contribution in [0.25, 0.3) is 11.3 Å². The highest BCUT2D eigenvalue weighted by Crippen LogP contribution is 2.29. The first-order chi connectivity index (χ1) is 9.43. The third-order valence-electron chi connectivity index (χ3n) is 3.82. The lowest BCUT2D eigenvalue weighted by atomic mass is 10.0. The van der Waals surface area contributed by atoms with Crippen molar-refractivity contribution in [2.24, 2.45) is 0 Å². The summed E-state index contributed by atoms with van der Waals surface area (Å²) in [6.07, 6.45) is 1.08. The minimum atomic E-state index is 0.124. The molecule has 1 aromatic carbocycles. The fourth-order valence-corrected chi connectivity index (χ4v) is 2.12. The molecule has 2 rings (SSSR count). The van der Waals surface area contributed by atoms with Crippen molar-refractivity contribution >= 4 is 11.6 Å². The van der Waals surface area contributed by atoms with Gasteiger partial charge in [-0.3, -0.25) is 0 Å². The lowest BCUT2D eigenvalue weighted by Crippen LogP contribution is -2.37. The zero-order valence-electron chi connectivity index (χ0n) is 12.6. The molecule has 0 atom stereocenters. The molecule has 0 aliphatic heterocycles. The molecule has 2 nitrogen and oxygen atoms in total. The predicted octanol–water partition coefficient (Wildman–Crippen LogP) is 5.19. The quantitative estimate of drug-likeness (QED) is 0.820. The third-order valence-corrected chi connectivity index (χ3v) is 4.23. The Hall–Kier alpha value is -1.25.